The molecular formula is C22H25NO6S. The van der Waals surface area contributed by atoms with E-state index in [1.807, 2.05) is 32.0 Å². The van der Waals surface area contributed by atoms with Crippen LogP contribution in [0.15, 0.2) is 41.3 Å². The number of benzene rings is 2. The molecule has 2 heterocycles. The van der Waals surface area contributed by atoms with E-state index >= 15 is 0 Å². The Kier molecular flexibility index (Phi) is 5.71. The molecule has 0 saturated carbocycles. The highest BCUT2D eigenvalue weighted by Gasteiger charge is 2.34. The number of nitrogens with zero attached hydrogens (tertiary/aromatic N) is 1. The fraction of sp³-hybridized carbons (Fsp3) is 0.409. The van der Waals surface area contributed by atoms with Crippen LogP contribution in [0.5, 0.6) is 17.2 Å². The molecule has 0 atom stereocenters. The molecule has 8 heteroatoms. The summed E-state index contributed by atoms with van der Waals surface area (Å²) in [4.78, 5) is 12.8. The van der Waals surface area contributed by atoms with Gasteiger partial charge in [-0.25, -0.2) is 8.42 Å². The third kappa shape index (κ3) is 4.02. The molecule has 0 amide bonds. The minimum Gasteiger partial charge on any atom is -0.486 e. The summed E-state index contributed by atoms with van der Waals surface area (Å²) in [5.41, 5.74) is 1.81. The first kappa shape index (κ1) is 20.7. The molecule has 7 nitrogen and oxygen atoms in total. The molecule has 2 aromatic rings. The van der Waals surface area contributed by atoms with Gasteiger partial charge in [-0.2, -0.15) is 4.31 Å². The molecule has 4 rings (SSSR count). The first-order chi connectivity index (χ1) is 14.4. The van der Waals surface area contributed by atoms with Crippen molar-refractivity contribution < 1.29 is 27.4 Å². The minimum atomic E-state index is -3.67. The Balaban J connectivity index is 1.42. The molecule has 1 fully saturated rings. The molecule has 2 aromatic carbocycles. The molecule has 2 aliphatic rings. The lowest BCUT2D eigenvalue weighted by Gasteiger charge is -2.30. The van der Waals surface area contributed by atoms with E-state index < -0.39 is 10.0 Å². The number of hydrogen-bond donors (Lipinski definition) is 0. The van der Waals surface area contributed by atoms with E-state index in [1.165, 1.54) is 16.4 Å². The molecular weight excluding hydrogens is 406 g/mol. The van der Waals surface area contributed by atoms with Crippen LogP contribution >= 0.6 is 0 Å². The predicted octanol–water partition coefficient (Wildman–Crippen LogP) is 3.08. The minimum absolute atomic E-state index is 0.170. The molecule has 30 heavy (non-hydrogen) atoms. The Morgan fingerprint density at radius 2 is 1.63 bits per heavy atom. The summed E-state index contributed by atoms with van der Waals surface area (Å²) in [6.45, 7) is 5.18. The first-order valence-corrected chi connectivity index (χ1v) is 11.5. The summed E-state index contributed by atoms with van der Waals surface area (Å²) >= 11 is 0. The van der Waals surface area contributed by atoms with Crippen molar-refractivity contribution in [3.8, 4) is 17.2 Å². The van der Waals surface area contributed by atoms with Gasteiger partial charge in [-0.15, -0.1) is 0 Å². The summed E-state index contributed by atoms with van der Waals surface area (Å²) in [6.07, 6.45) is 0.848. The number of aryl methyl sites for hydroxylation is 2. The summed E-state index contributed by atoms with van der Waals surface area (Å²) in [7, 11) is -3.67. The SMILES string of the molecule is Cc1cccc(C)c1OC(=O)C1CCN(S(=O)(=O)c2ccc3c(c2)OCCO3)CC1. The number of carbonyl (C=O) groups excluding carboxylic acids is 1. The average Bonchev–Trinajstić information content (AvgIpc) is 2.76. The van der Waals surface area contributed by atoms with Crippen molar-refractivity contribution in [3.63, 3.8) is 0 Å². The Morgan fingerprint density at radius 3 is 2.30 bits per heavy atom. The van der Waals surface area contributed by atoms with E-state index in [1.54, 1.807) is 6.07 Å². The van der Waals surface area contributed by atoms with Gasteiger partial charge in [0.2, 0.25) is 10.0 Å². The van der Waals surface area contributed by atoms with Crippen LogP contribution in [0.25, 0.3) is 0 Å². The van der Waals surface area contributed by atoms with Gasteiger partial charge in [0.1, 0.15) is 19.0 Å². The summed E-state index contributed by atoms with van der Waals surface area (Å²) in [6, 6.07) is 10.4. The molecule has 0 radical (unpaired) electrons. The highest BCUT2D eigenvalue weighted by molar-refractivity contribution is 7.89. The second kappa shape index (κ2) is 8.28. The van der Waals surface area contributed by atoms with Crippen molar-refractivity contribution in [2.24, 2.45) is 5.92 Å². The van der Waals surface area contributed by atoms with Gasteiger partial charge in [0.15, 0.2) is 11.5 Å². The Hall–Kier alpha value is -2.58. The van der Waals surface area contributed by atoms with E-state index in [2.05, 4.69) is 0 Å². The smallest absolute Gasteiger partial charge is 0.314 e. The molecule has 0 spiro atoms. The van der Waals surface area contributed by atoms with Crippen LogP contribution in [-0.2, 0) is 14.8 Å². The lowest BCUT2D eigenvalue weighted by atomic mass is 9.98. The number of hydrogen-bond acceptors (Lipinski definition) is 6. The topological polar surface area (TPSA) is 82.1 Å². The fourth-order valence-corrected chi connectivity index (χ4v) is 5.29. The Morgan fingerprint density at radius 1 is 1.00 bits per heavy atom. The van der Waals surface area contributed by atoms with E-state index in [0.717, 1.165) is 11.1 Å². The molecule has 0 aliphatic carbocycles. The number of piperidine rings is 1. The lowest BCUT2D eigenvalue weighted by Crippen LogP contribution is -2.41. The van der Waals surface area contributed by atoms with Gasteiger partial charge in [-0.05, 0) is 49.9 Å². The van der Waals surface area contributed by atoms with Crippen molar-refractivity contribution in [3.05, 3.63) is 47.5 Å². The fourth-order valence-electron chi connectivity index (χ4n) is 3.81. The van der Waals surface area contributed by atoms with Crippen molar-refractivity contribution in [1.29, 1.82) is 0 Å². The Labute approximate surface area is 176 Å². The zero-order chi connectivity index (χ0) is 21.3. The maximum atomic E-state index is 13.0. The van der Waals surface area contributed by atoms with Crippen LogP contribution < -0.4 is 14.2 Å². The number of fused-ring (bicyclic) bond motifs is 1. The van der Waals surface area contributed by atoms with Gasteiger partial charge in [0.05, 0.1) is 10.8 Å². The molecule has 2 aliphatic heterocycles. The molecule has 0 aromatic heterocycles. The number of rotatable bonds is 4. The number of carbonyl (C=O) groups is 1. The quantitative estimate of drug-likeness (QED) is 0.547. The average molecular weight is 432 g/mol. The van der Waals surface area contributed by atoms with Crippen LogP contribution in [0.2, 0.25) is 0 Å². The number of sulfonamides is 1. The summed E-state index contributed by atoms with van der Waals surface area (Å²) in [5.74, 6) is 0.955. The van der Waals surface area contributed by atoms with E-state index in [-0.39, 0.29) is 29.9 Å². The standard InChI is InChI=1S/C22H25NO6S/c1-15-4-3-5-16(2)21(15)29-22(24)17-8-10-23(11-9-17)30(25,26)18-6-7-19-20(14-18)28-13-12-27-19/h3-7,14,17H,8-13H2,1-2H3. The van der Waals surface area contributed by atoms with Crippen LogP contribution in [0.1, 0.15) is 24.0 Å². The monoisotopic (exact) mass is 431 g/mol. The number of esters is 1. The second-order valence-electron chi connectivity index (χ2n) is 7.63. The first-order valence-electron chi connectivity index (χ1n) is 10.0. The van der Waals surface area contributed by atoms with Crippen molar-refractivity contribution >= 4 is 16.0 Å². The van der Waals surface area contributed by atoms with Crippen LogP contribution in [0.3, 0.4) is 0 Å². The van der Waals surface area contributed by atoms with Crippen molar-refractivity contribution in [2.45, 2.75) is 31.6 Å². The molecule has 0 bridgehead atoms. The molecule has 1 saturated heterocycles. The lowest BCUT2D eigenvalue weighted by molar-refractivity contribution is -0.140. The second-order valence-corrected chi connectivity index (χ2v) is 9.56. The molecule has 160 valence electrons. The van der Waals surface area contributed by atoms with Crippen LogP contribution in [0, 0.1) is 19.8 Å². The third-order valence-corrected chi connectivity index (χ3v) is 7.44. The van der Waals surface area contributed by atoms with E-state index in [0.29, 0.717) is 43.3 Å². The van der Waals surface area contributed by atoms with E-state index in [9.17, 15) is 13.2 Å². The third-order valence-electron chi connectivity index (χ3n) is 5.55. The Bertz CT molecular complexity index is 1040. The largest absolute Gasteiger partial charge is 0.486 e. The van der Waals surface area contributed by atoms with Gasteiger partial charge in [0, 0.05) is 19.2 Å². The van der Waals surface area contributed by atoms with Crippen LogP contribution in [0.4, 0.5) is 0 Å². The maximum absolute atomic E-state index is 13.0. The molecule has 0 N–H and O–H groups in total. The van der Waals surface area contributed by atoms with Crippen molar-refractivity contribution in [1.82, 2.24) is 4.31 Å². The van der Waals surface area contributed by atoms with Crippen molar-refractivity contribution in [2.75, 3.05) is 26.3 Å². The zero-order valence-corrected chi connectivity index (χ0v) is 17.9. The normalized spacial score (nSPS) is 17.5. The highest BCUT2D eigenvalue weighted by Crippen LogP contribution is 2.34. The maximum Gasteiger partial charge on any atom is 0.314 e. The molecule has 0 unspecified atom stereocenters. The van der Waals surface area contributed by atoms with E-state index in [4.69, 9.17) is 14.2 Å². The summed E-state index contributed by atoms with van der Waals surface area (Å²) in [5, 5.41) is 0. The van der Waals surface area contributed by atoms with Crippen LogP contribution in [-0.4, -0.2) is 45.0 Å². The van der Waals surface area contributed by atoms with Gasteiger partial charge in [0.25, 0.3) is 0 Å². The number of ether oxygens (including phenoxy) is 3. The number of para-hydroxylation sites is 1. The zero-order valence-electron chi connectivity index (χ0n) is 17.1. The summed E-state index contributed by atoms with van der Waals surface area (Å²) < 4.78 is 44.1. The highest BCUT2D eigenvalue weighted by atomic mass is 32.2. The van der Waals surface area contributed by atoms with Gasteiger partial charge < -0.3 is 14.2 Å². The van der Waals surface area contributed by atoms with Gasteiger partial charge >= 0.3 is 5.97 Å². The van der Waals surface area contributed by atoms with Gasteiger partial charge in [-0.3, -0.25) is 4.79 Å². The predicted molar refractivity (Wildman–Crippen MR) is 110 cm³/mol. The van der Waals surface area contributed by atoms with Gasteiger partial charge in [-0.1, -0.05) is 18.2 Å².